The van der Waals surface area contributed by atoms with Gasteiger partial charge >= 0.3 is 0 Å². The molecule has 1 N–H and O–H groups in total. The Morgan fingerprint density at radius 2 is 2.11 bits per heavy atom. The molecule has 0 bridgehead atoms. The van der Waals surface area contributed by atoms with Gasteiger partial charge in [0.25, 0.3) is 0 Å². The van der Waals surface area contributed by atoms with Gasteiger partial charge in [0.05, 0.1) is 0 Å². The molecule has 1 aromatic rings. The van der Waals surface area contributed by atoms with Crippen molar-refractivity contribution in [2.45, 2.75) is 51.9 Å². The second-order valence-corrected chi connectivity index (χ2v) is 6.34. The van der Waals surface area contributed by atoms with Crippen LogP contribution in [0.5, 0.6) is 0 Å². The molecule has 0 aliphatic heterocycles. The van der Waals surface area contributed by atoms with Crippen LogP contribution in [0.3, 0.4) is 0 Å². The van der Waals surface area contributed by atoms with Gasteiger partial charge in [-0.1, -0.05) is 26.7 Å². The lowest BCUT2D eigenvalue weighted by Crippen LogP contribution is -2.06. The number of rotatable bonds is 7. The van der Waals surface area contributed by atoms with E-state index < -0.39 is 0 Å². The van der Waals surface area contributed by atoms with Crippen LogP contribution >= 0.6 is 15.9 Å². The van der Waals surface area contributed by atoms with Gasteiger partial charge in [0.2, 0.25) is 0 Å². The van der Waals surface area contributed by atoms with E-state index >= 15 is 0 Å². The van der Waals surface area contributed by atoms with Crippen molar-refractivity contribution in [2.75, 3.05) is 11.9 Å². The van der Waals surface area contributed by atoms with Gasteiger partial charge in [0, 0.05) is 18.5 Å². The summed E-state index contributed by atoms with van der Waals surface area (Å²) < 4.78 is 0.893. The highest BCUT2D eigenvalue weighted by Gasteiger charge is 2.27. The maximum atomic E-state index is 4.58. The van der Waals surface area contributed by atoms with Crippen LogP contribution in [0.1, 0.15) is 57.7 Å². The van der Waals surface area contributed by atoms with Crippen LogP contribution in [0.4, 0.5) is 5.82 Å². The highest BCUT2D eigenvalue weighted by atomic mass is 79.9. The highest BCUT2D eigenvalue weighted by Crippen LogP contribution is 2.38. The van der Waals surface area contributed by atoms with E-state index in [1.807, 2.05) is 6.07 Å². The number of aromatic nitrogens is 2. The SMILES string of the molecule is CC(C)CCCCNc1cc(Br)nc(C2CC2)n1. The van der Waals surface area contributed by atoms with Crippen LogP contribution in [-0.2, 0) is 0 Å². The fraction of sp³-hybridized carbons (Fsp3) is 0.714. The number of hydrogen-bond acceptors (Lipinski definition) is 3. The molecule has 18 heavy (non-hydrogen) atoms. The summed E-state index contributed by atoms with van der Waals surface area (Å²) in [6, 6.07) is 1.97. The number of anilines is 1. The molecule has 1 aliphatic carbocycles. The molecule has 0 amide bonds. The zero-order valence-electron chi connectivity index (χ0n) is 11.2. The number of unbranched alkanes of at least 4 members (excludes halogenated alkanes) is 1. The van der Waals surface area contributed by atoms with Gasteiger partial charge in [-0.2, -0.15) is 0 Å². The molecule has 1 saturated carbocycles. The standard InChI is InChI=1S/C14H22BrN3/c1-10(2)5-3-4-8-16-13-9-12(15)17-14(18-13)11-6-7-11/h9-11H,3-8H2,1-2H3,(H,16,17,18). The molecule has 1 aliphatic rings. The van der Waals surface area contributed by atoms with E-state index in [9.17, 15) is 0 Å². The Labute approximate surface area is 118 Å². The lowest BCUT2D eigenvalue weighted by Gasteiger charge is -2.08. The van der Waals surface area contributed by atoms with Gasteiger partial charge in [0.15, 0.2) is 0 Å². The Kier molecular flexibility index (Phi) is 4.98. The highest BCUT2D eigenvalue weighted by molar-refractivity contribution is 9.10. The average molecular weight is 312 g/mol. The number of halogens is 1. The third-order valence-electron chi connectivity index (χ3n) is 3.17. The minimum atomic E-state index is 0.601. The number of hydrogen-bond donors (Lipinski definition) is 1. The van der Waals surface area contributed by atoms with Gasteiger partial charge < -0.3 is 5.32 Å². The molecule has 0 spiro atoms. The molecular formula is C14H22BrN3. The van der Waals surface area contributed by atoms with Crippen LogP contribution in [0.15, 0.2) is 10.7 Å². The monoisotopic (exact) mass is 311 g/mol. The fourth-order valence-electron chi connectivity index (χ4n) is 1.94. The van der Waals surface area contributed by atoms with Crippen molar-refractivity contribution >= 4 is 21.7 Å². The van der Waals surface area contributed by atoms with E-state index in [2.05, 4.69) is 45.1 Å². The van der Waals surface area contributed by atoms with E-state index in [-0.39, 0.29) is 0 Å². The molecule has 100 valence electrons. The molecule has 1 heterocycles. The summed E-state index contributed by atoms with van der Waals surface area (Å²) >= 11 is 3.46. The summed E-state index contributed by atoms with van der Waals surface area (Å²) in [4.78, 5) is 9.01. The third-order valence-corrected chi connectivity index (χ3v) is 3.58. The molecule has 1 fully saturated rings. The summed E-state index contributed by atoms with van der Waals surface area (Å²) in [5.74, 6) is 3.36. The summed E-state index contributed by atoms with van der Waals surface area (Å²) in [6.07, 6.45) is 6.28. The molecular weight excluding hydrogens is 290 g/mol. The lowest BCUT2D eigenvalue weighted by atomic mass is 10.1. The van der Waals surface area contributed by atoms with E-state index in [0.717, 1.165) is 28.7 Å². The molecule has 0 saturated heterocycles. The van der Waals surface area contributed by atoms with Crippen molar-refractivity contribution in [3.05, 3.63) is 16.5 Å². The van der Waals surface area contributed by atoms with Crippen LogP contribution in [-0.4, -0.2) is 16.5 Å². The second-order valence-electron chi connectivity index (χ2n) is 5.52. The van der Waals surface area contributed by atoms with Crippen molar-refractivity contribution in [2.24, 2.45) is 5.92 Å². The third kappa shape index (κ3) is 4.56. The van der Waals surface area contributed by atoms with Crippen LogP contribution in [0, 0.1) is 5.92 Å². The summed E-state index contributed by atoms with van der Waals surface area (Å²) in [5, 5.41) is 3.40. The molecule has 4 heteroatoms. The summed E-state index contributed by atoms with van der Waals surface area (Å²) in [6.45, 7) is 5.55. The predicted molar refractivity (Wildman–Crippen MR) is 78.9 cm³/mol. The summed E-state index contributed by atoms with van der Waals surface area (Å²) in [5.41, 5.74) is 0. The zero-order chi connectivity index (χ0) is 13.0. The van der Waals surface area contributed by atoms with Crippen LogP contribution in [0.25, 0.3) is 0 Å². The Morgan fingerprint density at radius 1 is 1.33 bits per heavy atom. The van der Waals surface area contributed by atoms with Crippen molar-refractivity contribution in [1.82, 2.24) is 9.97 Å². The molecule has 3 nitrogen and oxygen atoms in total. The number of nitrogens with one attached hydrogen (secondary N) is 1. The molecule has 0 unspecified atom stereocenters. The summed E-state index contributed by atoms with van der Waals surface area (Å²) in [7, 11) is 0. The molecule has 0 radical (unpaired) electrons. The van der Waals surface area contributed by atoms with Gasteiger partial charge in [-0.05, 0) is 41.1 Å². The molecule has 0 aromatic carbocycles. The lowest BCUT2D eigenvalue weighted by molar-refractivity contribution is 0.544. The quantitative estimate of drug-likeness (QED) is 0.600. The predicted octanol–water partition coefficient (Wildman–Crippen LogP) is 4.35. The number of nitrogens with zero attached hydrogens (tertiary/aromatic N) is 2. The maximum absolute atomic E-state index is 4.58. The molecule has 0 atom stereocenters. The van der Waals surface area contributed by atoms with E-state index in [0.29, 0.717) is 5.92 Å². The van der Waals surface area contributed by atoms with Crippen molar-refractivity contribution in [1.29, 1.82) is 0 Å². The Hall–Kier alpha value is -0.640. The molecule has 2 rings (SSSR count). The fourth-order valence-corrected chi connectivity index (χ4v) is 2.34. The topological polar surface area (TPSA) is 37.8 Å². The van der Waals surface area contributed by atoms with E-state index in [1.54, 1.807) is 0 Å². The van der Waals surface area contributed by atoms with Crippen LogP contribution < -0.4 is 5.32 Å². The van der Waals surface area contributed by atoms with Crippen molar-refractivity contribution in [3.8, 4) is 0 Å². The van der Waals surface area contributed by atoms with E-state index in [1.165, 1.54) is 32.1 Å². The van der Waals surface area contributed by atoms with Gasteiger partial charge in [-0.3, -0.25) is 0 Å². The Balaban J connectivity index is 1.78. The van der Waals surface area contributed by atoms with Gasteiger partial charge in [0.1, 0.15) is 16.2 Å². The van der Waals surface area contributed by atoms with Crippen molar-refractivity contribution < 1.29 is 0 Å². The largest absolute Gasteiger partial charge is 0.370 e. The van der Waals surface area contributed by atoms with Crippen molar-refractivity contribution in [3.63, 3.8) is 0 Å². The van der Waals surface area contributed by atoms with Gasteiger partial charge in [-0.25, -0.2) is 9.97 Å². The Morgan fingerprint density at radius 3 is 2.78 bits per heavy atom. The Bertz CT molecular complexity index is 389. The smallest absolute Gasteiger partial charge is 0.135 e. The first-order valence-corrected chi connectivity index (χ1v) is 7.73. The van der Waals surface area contributed by atoms with E-state index in [4.69, 9.17) is 0 Å². The maximum Gasteiger partial charge on any atom is 0.135 e. The minimum absolute atomic E-state index is 0.601. The normalized spacial score (nSPS) is 15.1. The average Bonchev–Trinajstić information content (AvgIpc) is 3.11. The first-order chi connectivity index (χ1) is 8.65. The molecule has 1 aromatic heterocycles. The minimum Gasteiger partial charge on any atom is -0.370 e. The first kappa shape index (κ1) is 13.8. The second kappa shape index (κ2) is 6.50. The first-order valence-electron chi connectivity index (χ1n) is 6.93. The van der Waals surface area contributed by atoms with Gasteiger partial charge in [-0.15, -0.1) is 0 Å². The zero-order valence-corrected chi connectivity index (χ0v) is 12.8. The van der Waals surface area contributed by atoms with Crippen LogP contribution in [0.2, 0.25) is 0 Å².